The molecule has 1 saturated carbocycles. The van der Waals surface area contributed by atoms with Crippen LogP contribution in [-0.4, -0.2) is 16.9 Å². The third kappa shape index (κ3) is 1.45. The van der Waals surface area contributed by atoms with Gasteiger partial charge in [-0.25, -0.2) is 0 Å². The number of hydrogen-bond acceptors (Lipinski definition) is 2. The molecule has 2 nitrogen and oxygen atoms in total. The molecule has 1 aliphatic carbocycles. The van der Waals surface area contributed by atoms with Gasteiger partial charge in [0.2, 0.25) is 0 Å². The van der Waals surface area contributed by atoms with E-state index in [1.54, 1.807) is 0 Å². The second-order valence-electron chi connectivity index (χ2n) is 2.51. The standard InChI is InChI=1S/C7H9BrO2/c8-4-7(10)5-2-1-3-6(5)9/h5H,1-4H2. The number of hydrogen-bond donors (Lipinski definition) is 0. The van der Waals surface area contributed by atoms with Crippen LogP contribution in [0.3, 0.4) is 0 Å². The minimum atomic E-state index is -0.278. The monoisotopic (exact) mass is 204 g/mol. The highest BCUT2D eigenvalue weighted by Gasteiger charge is 2.29. The quantitative estimate of drug-likeness (QED) is 0.503. The Morgan fingerprint density at radius 3 is 2.80 bits per heavy atom. The predicted octanol–water partition coefficient (Wildman–Crippen LogP) is 1.32. The molecule has 3 heteroatoms. The lowest BCUT2D eigenvalue weighted by Gasteiger charge is -2.01. The molecule has 1 unspecified atom stereocenters. The molecule has 0 aromatic carbocycles. The van der Waals surface area contributed by atoms with Crippen molar-refractivity contribution in [2.24, 2.45) is 5.92 Å². The van der Waals surface area contributed by atoms with E-state index in [-0.39, 0.29) is 17.5 Å². The van der Waals surface area contributed by atoms with E-state index in [9.17, 15) is 9.59 Å². The third-order valence-electron chi connectivity index (χ3n) is 1.82. The van der Waals surface area contributed by atoms with Crippen LogP contribution in [0.5, 0.6) is 0 Å². The molecule has 0 spiro atoms. The van der Waals surface area contributed by atoms with Gasteiger partial charge in [-0.3, -0.25) is 9.59 Å². The van der Waals surface area contributed by atoms with Crippen LogP contribution >= 0.6 is 15.9 Å². The number of carbonyl (C=O) groups excluding carboxylic acids is 2. The van der Waals surface area contributed by atoms with Crippen molar-refractivity contribution < 1.29 is 9.59 Å². The molecule has 10 heavy (non-hydrogen) atoms. The maximum atomic E-state index is 11.0. The van der Waals surface area contributed by atoms with Gasteiger partial charge in [-0.1, -0.05) is 15.9 Å². The summed E-state index contributed by atoms with van der Waals surface area (Å²) in [6, 6.07) is 0. The van der Waals surface area contributed by atoms with E-state index in [1.807, 2.05) is 0 Å². The van der Waals surface area contributed by atoms with Crippen molar-refractivity contribution >= 4 is 27.5 Å². The summed E-state index contributed by atoms with van der Waals surface area (Å²) in [6.07, 6.45) is 2.26. The highest BCUT2D eigenvalue weighted by molar-refractivity contribution is 9.09. The second-order valence-corrected chi connectivity index (χ2v) is 3.07. The number of Topliss-reactive ketones (excluding diaryl/α,β-unsaturated/α-hetero) is 2. The number of rotatable bonds is 2. The van der Waals surface area contributed by atoms with Gasteiger partial charge in [0.15, 0.2) is 5.78 Å². The summed E-state index contributed by atoms with van der Waals surface area (Å²) in [7, 11) is 0. The zero-order chi connectivity index (χ0) is 7.56. The van der Waals surface area contributed by atoms with Crippen molar-refractivity contribution in [2.45, 2.75) is 19.3 Å². The molecule has 1 rings (SSSR count). The van der Waals surface area contributed by atoms with Crippen molar-refractivity contribution in [3.05, 3.63) is 0 Å². The van der Waals surface area contributed by atoms with Crippen LogP contribution < -0.4 is 0 Å². The lowest BCUT2D eigenvalue weighted by molar-refractivity contribution is -0.129. The Hall–Kier alpha value is -0.180. The maximum Gasteiger partial charge on any atom is 0.153 e. The van der Waals surface area contributed by atoms with Crippen molar-refractivity contribution in [3.8, 4) is 0 Å². The molecule has 56 valence electrons. The van der Waals surface area contributed by atoms with Crippen LogP contribution in [0, 0.1) is 5.92 Å². The molecule has 1 fully saturated rings. The smallest absolute Gasteiger partial charge is 0.153 e. The summed E-state index contributed by atoms with van der Waals surface area (Å²) in [5.41, 5.74) is 0. The summed E-state index contributed by atoms with van der Waals surface area (Å²) in [5.74, 6) is -0.105. The SMILES string of the molecule is O=C(CBr)C1CCCC1=O. The highest BCUT2D eigenvalue weighted by atomic mass is 79.9. The topological polar surface area (TPSA) is 34.1 Å². The van der Waals surface area contributed by atoms with E-state index in [0.717, 1.165) is 12.8 Å². The first kappa shape index (κ1) is 7.92. The van der Waals surface area contributed by atoms with Gasteiger partial charge in [0, 0.05) is 6.42 Å². The molecular weight excluding hydrogens is 196 g/mol. The van der Waals surface area contributed by atoms with E-state index < -0.39 is 0 Å². The van der Waals surface area contributed by atoms with Crippen LogP contribution in [0.4, 0.5) is 0 Å². The van der Waals surface area contributed by atoms with Gasteiger partial charge in [-0.15, -0.1) is 0 Å². The molecule has 1 atom stereocenters. The Bertz CT molecular complexity index is 165. The van der Waals surface area contributed by atoms with Gasteiger partial charge >= 0.3 is 0 Å². The minimum Gasteiger partial charge on any atom is -0.299 e. The van der Waals surface area contributed by atoms with Gasteiger partial charge < -0.3 is 0 Å². The molecule has 0 heterocycles. The number of carbonyl (C=O) groups is 2. The van der Waals surface area contributed by atoms with E-state index in [2.05, 4.69) is 15.9 Å². The molecule has 0 radical (unpaired) electrons. The Labute approximate surface area is 68.1 Å². The van der Waals surface area contributed by atoms with E-state index in [0.29, 0.717) is 11.8 Å². The first-order valence-corrected chi connectivity index (χ1v) is 4.49. The summed E-state index contributed by atoms with van der Waals surface area (Å²) < 4.78 is 0. The third-order valence-corrected chi connectivity index (χ3v) is 2.38. The first-order valence-electron chi connectivity index (χ1n) is 3.37. The fraction of sp³-hybridized carbons (Fsp3) is 0.714. The molecule has 0 bridgehead atoms. The molecule has 0 amide bonds. The van der Waals surface area contributed by atoms with E-state index in [4.69, 9.17) is 0 Å². The largest absolute Gasteiger partial charge is 0.299 e. The molecule has 0 saturated heterocycles. The van der Waals surface area contributed by atoms with Crippen molar-refractivity contribution in [2.75, 3.05) is 5.33 Å². The minimum absolute atomic E-state index is 0.0440. The fourth-order valence-corrected chi connectivity index (χ4v) is 1.64. The van der Waals surface area contributed by atoms with Gasteiger partial charge in [-0.2, -0.15) is 0 Å². The number of ketones is 2. The van der Waals surface area contributed by atoms with Gasteiger partial charge in [-0.05, 0) is 12.8 Å². The summed E-state index contributed by atoms with van der Waals surface area (Å²) in [5, 5.41) is 0.323. The highest BCUT2D eigenvalue weighted by Crippen LogP contribution is 2.22. The summed E-state index contributed by atoms with van der Waals surface area (Å²) >= 11 is 3.05. The Balaban J connectivity index is 2.55. The van der Waals surface area contributed by atoms with Crippen LogP contribution in [0.2, 0.25) is 0 Å². The van der Waals surface area contributed by atoms with Gasteiger partial charge in [0.25, 0.3) is 0 Å². The number of alkyl halides is 1. The Morgan fingerprint density at radius 1 is 1.70 bits per heavy atom. The average molecular weight is 205 g/mol. The molecule has 0 aromatic rings. The molecule has 0 N–H and O–H groups in total. The van der Waals surface area contributed by atoms with Crippen molar-refractivity contribution in [1.82, 2.24) is 0 Å². The second kappa shape index (κ2) is 3.28. The predicted molar refractivity (Wildman–Crippen MR) is 41.1 cm³/mol. The van der Waals surface area contributed by atoms with Crippen molar-refractivity contribution in [3.63, 3.8) is 0 Å². The van der Waals surface area contributed by atoms with Crippen LogP contribution in [0.25, 0.3) is 0 Å². The maximum absolute atomic E-state index is 11.0. The van der Waals surface area contributed by atoms with E-state index in [1.165, 1.54) is 0 Å². The zero-order valence-corrected chi connectivity index (χ0v) is 7.19. The summed E-state index contributed by atoms with van der Waals surface area (Å²) in [6.45, 7) is 0. The fourth-order valence-electron chi connectivity index (χ4n) is 1.25. The molecular formula is C7H9BrO2. The summed E-state index contributed by atoms with van der Waals surface area (Å²) in [4.78, 5) is 21.9. The van der Waals surface area contributed by atoms with E-state index >= 15 is 0 Å². The number of halogens is 1. The lowest BCUT2D eigenvalue weighted by atomic mass is 10.0. The van der Waals surface area contributed by atoms with Crippen LogP contribution in [0.1, 0.15) is 19.3 Å². The normalized spacial score (nSPS) is 25.3. The Kier molecular flexibility index (Phi) is 2.60. The van der Waals surface area contributed by atoms with Crippen LogP contribution in [-0.2, 0) is 9.59 Å². The van der Waals surface area contributed by atoms with Gasteiger partial charge in [0.1, 0.15) is 5.78 Å². The molecule has 1 aliphatic rings. The first-order chi connectivity index (χ1) is 4.75. The van der Waals surface area contributed by atoms with Crippen molar-refractivity contribution in [1.29, 1.82) is 0 Å². The van der Waals surface area contributed by atoms with Crippen LogP contribution in [0.15, 0.2) is 0 Å². The zero-order valence-electron chi connectivity index (χ0n) is 5.60. The molecule has 0 aliphatic heterocycles. The van der Waals surface area contributed by atoms with Gasteiger partial charge in [0.05, 0.1) is 11.2 Å². The average Bonchev–Trinajstić information content (AvgIpc) is 2.34. The Morgan fingerprint density at radius 2 is 2.40 bits per heavy atom. The lowest BCUT2D eigenvalue weighted by Crippen LogP contribution is -2.19. The molecule has 0 aromatic heterocycles.